The molecule has 0 bridgehead atoms. The molecule has 4 aliphatic carbocycles. The van der Waals surface area contributed by atoms with Crippen LogP contribution in [-0.4, -0.2) is 227 Å². The highest BCUT2D eigenvalue weighted by atomic mass is 35.5. The van der Waals surface area contributed by atoms with Gasteiger partial charge in [0.15, 0.2) is 23.2 Å². The van der Waals surface area contributed by atoms with E-state index < -0.39 is 89.6 Å². The quantitative estimate of drug-likeness (QED) is 0.0382. The number of rotatable bonds is 31. The minimum absolute atomic E-state index is 0.0569. The lowest BCUT2D eigenvalue weighted by Crippen LogP contribution is -2.55. The van der Waals surface area contributed by atoms with Crippen molar-refractivity contribution < 1.29 is 74.0 Å². The zero-order chi connectivity index (χ0) is 84.5. The Bertz CT molecular complexity index is 5150. The fourth-order valence-corrected chi connectivity index (χ4v) is 21.7. The van der Waals surface area contributed by atoms with Crippen LogP contribution in [-0.2, 0) is 58.3 Å². The van der Waals surface area contributed by atoms with E-state index in [0.29, 0.717) is 170 Å². The average Bonchev–Trinajstić information content (AvgIpc) is 1.58. The third kappa shape index (κ3) is 17.8. The number of nitrogens with one attached hydrogen (secondary N) is 2. The summed E-state index contributed by atoms with van der Waals surface area (Å²) in [6, 6.07) is 12.3. The first-order valence-corrected chi connectivity index (χ1v) is 46.2. The number of halogens is 2. The van der Waals surface area contributed by atoms with Crippen molar-refractivity contribution in [3.8, 4) is 34.6 Å². The smallest absolute Gasteiger partial charge is 0.240 e. The molecular formula is C87H112Cl2N12O16S2. The third-order valence-corrected chi connectivity index (χ3v) is 30.5. The van der Waals surface area contributed by atoms with E-state index in [1.165, 1.54) is 0 Å². The van der Waals surface area contributed by atoms with Crippen LogP contribution in [0.2, 0.25) is 10.0 Å². The maximum Gasteiger partial charge on any atom is 0.240 e. The van der Waals surface area contributed by atoms with Gasteiger partial charge in [-0.15, -0.1) is 13.2 Å². The van der Waals surface area contributed by atoms with Crippen molar-refractivity contribution in [1.82, 2.24) is 58.6 Å². The lowest BCUT2D eigenvalue weighted by Gasteiger charge is -2.43. The number of ketones is 2. The van der Waals surface area contributed by atoms with Crippen LogP contribution in [0.15, 0.2) is 86.2 Å². The Kier molecular flexibility index (Phi) is 24.8. The van der Waals surface area contributed by atoms with Gasteiger partial charge < -0.3 is 38.2 Å². The molecule has 2 aromatic carbocycles. The van der Waals surface area contributed by atoms with E-state index in [9.17, 15) is 45.6 Å². The SMILES string of the molecule is C=C[C@@H]1C[C@]1(CC(=O)[C@@H]1C[C@@H](Oc2cc(-n3ccc(C(C)C)n3)nc3c(Cl)c(OCCN4CCOCC4)ccc23)[C@H]2CC[C@H](C(C)(C)C)C(=O)N21)C(=O)NS(=O)(=O)C1CC1.C=C[C@@H]1C[C@]1(CC(=O)[C@@H]1C[C@@H](Oc2cc(-n3ccc(C(C)C)n3)nc3c(Cl)c(OCCN4CCOCC4)ccc23)[C@H]2CC[C@H](C(C)C)C(=O)N21)C(=O)NS(=O)(=O)C1CC1. The van der Waals surface area contributed by atoms with Crippen molar-refractivity contribution in [2.45, 2.75) is 211 Å². The van der Waals surface area contributed by atoms with Gasteiger partial charge in [0, 0.05) is 112 Å². The number of piperidine rings is 2. The summed E-state index contributed by atoms with van der Waals surface area (Å²) in [5.74, 6) is -0.177. The number of benzene rings is 2. The second kappa shape index (κ2) is 34.3. The standard InChI is InChI=1S/C44H57ClN6O8S.C43H55ClN6O8S/c1-7-27-24-44(27,42(54)48-60(55,56)28-8-9-28)25-34(52)33-22-37(32-12-11-30(43(4,5)6)41(53)51(32)33)59-36-23-38(50-15-14-31(47-50)26(2)3)46-40-29(36)10-13-35(39(40)45)58-21-18-49-16-19-57-20-17-49;1-6-27-23-43(27,42(53)47-59(54,55)28-7-8-28)24-34(51)33-21-37(32-11-9-29(25(2)3)41(52)50(32)33)58-36-22-38(49-14-13-31(46-49)26(4)5)45-40-30(36)10-12-35(39(40)44)57-20-17-48-15-18-56-19-16-48/h7,10,13-15,23,26-28,30,32-33,37H,1,8-9,11-12,16-22,24-25H2,2-6H3,(H,48,54);6,10,12-14,22,25-29,32-33,37H,1,7-9,11,15-21,23-24H2,2-5H3,(H,47,53)/t27-,30+,32-,33+,37-,44-;27-,29-,32-,33+,37-,43-/m11/s1. The number of nitrogens with zero attached hydrogens (tertiary/aromatic N) is 10. The molecule has 0 unspecified atom stereocenters. The van der Waals surface area contributed by atoms with Gasteiger partial charge in [-0.05, 0) is 136 Å². The normalized spacial score (nSPS) is 27.2. The van der Waals surface area contributed by atoms with Crippen molar-refractivity contribution in [3.63, 3.8) is 0 Å². The minimum Gasteiger partial charge on any atom is -0.491 e. The van der Waals surface area contributed by atoms with E-state index >= 15 is 0 Å². The zero-order valence-electron chi connectivity index (χ0n) is 69.5. The monoisotopic (exact) mass is 1710 g/mol. The van der Waals surface area contributed by atoms with Crippen molar-refractivity contribution in [2.75, 3.05) is 78.9 Å². The molecule has 10 aliphatic rings. The molecule has 10 heterocycles. The summed E-state index contributed by atoms with van der Waals surface area (Å²) in [6.07, 6.45) is 10.8. The number of fused-ring (bicyclic) bond motifs is 4. The molecule has 6 aliphatic heterocycles. The molecule has 10 fully saturated rings. The van der Waals surface area contributed by atoms with Crippen molar-refractivity contribution in [1.29, 1.82) is 0 Å². The van der Waals surface area contributed by atoms with E-state index in [0.717, 1.165) is 50.7 Å². The van der Waals surface area contributed by atoms with Gasteiger partial charge >= 0.3 is 0 Å². The lowest BCUT2D eigenvalue weighted by atomic mass is 9.74. The Labute approximate surface area is 706 Å². The second-order valence-corrected chi connectivity index (χ2v) is 40.9. The van der Waals surface area contributed by atoms with Gasteiger partial charge in [-0.3, -0.25) is 48.0 Å². The summed E-state index contributed by atoms with van der Waals surface area (Å²) in [6.45, 7) is 34.6. The number of sulfonamides is 2. The first kappa shape index (κ1) is 85.9. The van der Waals surface area contributed by atoms with E-state index in [2.05, 4.69) is 60.1 Å². The van der Waals surface area contributed by atoms with Crippen LogP contribution in [0.25, 0.3) is 33.4 Å². The number of pyridine rings is 2. The Morgan fingerprint density at radius 2 is 0.992 bits per heavy atom. The zero-order valence-corrected chi connectivity index (χ0v) is 72.6. The van der Waals surface area contributed by atoms with Crippen LogP contribution in [0.4, 0.5) is 0 Å². The van der Waals surface area contributed by atoms with E-state index in [4.69, 9.17) is 71.8 Å². The second-order valence-electron chi connectivity index (χ2n) is 36.2. The highest BCUT2D eigenvalue weighted by Crippen LogP contribution is 2.59. The fraction of sp³-hybridized carbons (Fsp3) is 0.609. The molecule has 6 aromatic rings. The molecule has 32 heteroatoms. The van der Waals surface area contributed by atoms with Gasteiger partial charge in [0.2, 0.25) is 43.7 Å². The number of aromatic nitrogens is 6. The third-order valence-electron chi connectivity index (χ3n) is 26.1. The molecule has 12 atom stereocenters. The highest BCUT2D eigenvalue weighted by molar-refractivity contribution is 7.91. The molecule has 4 aromatic heterocycles. The van der Waals surface area contributed by atoms with Crippen LogP contribution in [0.3, 0.4) is 0 Å². The van der Waals surface area contributed by atoms with Crippen LogP contribution in [0.1, 0.15) is 175 Å². The number of ether oxygens (including phenoxy) is 6. The van der Waals surface area contributed by atoms with Crippen molar-refractivity contribution in [2.24, 2.45) is 45.8 Å². The van der Waals surface area contributed by atoms with E-state index in [-0.39, 0.29) is 95.9 Å². The van der Waals surface area contributed by atoms with Gasteiger partial charge in [0.05, 0.1) is 94.3 Å². The van der Waals surface area contributed by atoms with Crippen LogP contribution < -0.4 is 28.4 Å². The Morgan fingerprint density at radius 1 is 0.580 bits per heavy atom. The van der Waals surface area contributed by atoms with Gasteiger partial charge in [0.1, 0.15) is 58.5 Å². The summed E-state index contributed by atoms with van der Waals surface area (Å²) >= 11 is 14.2. The van der Waals surface area contributed by atoms with Crippen LogP contribution in [0.5, 0.6) is 23.0 Å². The summed E-state index contributed by atoms with van der Waals surface area (Å²) in [7, 11) is -7.66. The maximum absolute atomic E-state index is 14.6. The van der Waals surface area contributed by atoms with Crippen molar-refractivity contribution >= 4 is 100 Å². The molecular weight excluding hydrogens is 1600 g/mol. The number of carbonyl (C=O) groups excluding carboxylic acids is 6. The molecule has 2 N–H and O–H groups in total. The number of amides is 4. The maximum atomic E-state index is 14.6. The van der Waals surface area contributed by atoms with Crippen molar-refractivity contribution in [3.05, 3.63) is 108 Å². The highest BCUT2D eigenvalue weighted by Gasteiger charge is 2.65. The number of allylic oxidation sites excluding steroid dienone is 2. The predicted molar refractivity (Wildman–Crippen MR) is 449 cm³/mol. The molecule has 0 radical (unpaired) electrons. The van der Waals surface area contributed by atoms with E-state index in [1.54, 1.807) is 31.3 Å². The summed E-state index contributed by atoms with van der Waals surface area (Å²) < 4.78 is 96.6. The van der Waals surface area contributed by atoms with Crippen LogP contribution >= 0.6 is 23.2 Å². The average molecular weight is 1720 g/mol. The molecule has 4 saturated carbocycles. The number of hydrogen-bond donors (Lipinski definition) is 2. The summed E-state index contributed by atoms with van der Waals surface area (Å²) in [5, 5.41) is 10.3. The van der Waals surface area contributed by atoms with Gasteiger partial charge in [0.25, 0.3) is 0 Å². The van der Waals surface area contributed by atoms with E-state index in [1.807, 2.05) is 95.5 Å². The predicted octanol–water partition coefficient (Wildman–Crippen LogP) is 11.3. The number of Topliss-reactive ketones (excluding diaryl/α,β-unsaturated/α-hetero) is 2. The first-order valence-electron chi connectivity index (χ1n) is 42.4. The largest absolute Gasteiger partial charge is 0.491 e. The number of hydrogen-bond acceptors (Lipinski definition) is 22. The topological polar surface area (TPSA) is 325 Å². The molecule has 642 valence electrons. The molecule has 119 heavy (non-hydrogen) atoms. The Hall–Kier alpha value is -8.10. The number of morpholine rings is 2. The Morgan fingerprint density at radius 3 is 1.36 bits per heavy atom. The summed E-state index contributed by atoms with van der Waals surface area (Å²) in [4.78, 5) is 103. The molecule has 16 rings (SSSR count). The van der Waals surface area contributed by atoms with Crippen LogP contribution in [0, 0.1) is 45.8 Å². The fourth-order valence-electron chi connectivity index (χ4n) is 18.4. The van der Waals surface area contributed by atoms with Gasteiger partial charge in [-0.25, -0.2) is 36.2 Å². The van der Waals surface area contributed by atoms with Gasteiger partial charge in [-0.2, -0.15) is 10.2 Å². The first-order chi connectivity index (χ1) is 56.7. The number of carbonyl (C=O) groups is 6. The van der Waals surface area contributed by atoms with Gasteiger partial charge in [-0.1, -0.05) is 97.7 Å². The molecule has 0 spiro atoms. The summed E-state index contributed by atoms with van der Waals surface area (Å²) in [5.41, 5.74) is -0.138. The Balaban J connectivity index is 0.000000186. The minimum atomic E-state index is -3.84. The molecule has 28 nitrogen and oxygen atoms in total. The molecule has 4 amide bonds. The molecule has 6 saturated heterocycles. The lowest BCUT2D eigenvalue weighted by molar-refractivity contribution is -0.151.